The van der Waals surface area contributed by atoms with Gasteiger partial charge in [-0.05, 0) is 18.8 Å². The second-order valence-electron chi connectivity index (χ2n) is 4.88. The predicted octanol–water partition coefficient (Wildman–Crippen LogP) is 2.03. The minimum Gasteiger partial charge on any atom is -0.393 e. The average Bonchev–Trinajstić information content (AvgIpc) is 2.83. The first kappa shape index (κ1) is 11.9. The van der Waals surface area contributed by atoms with Gasteiger partial charge in [-0.1, -0.05) is 33.0 Å². The molecule has 0 heterocycles. The van der Waals surface area contributed by atoms with E-state index >= 15 is 0 Å². The molecular formula is C11H22N2S. The van der Waals surface area contributed by atoms with Gasteiger partial charge in [-0.25, -0.2) is 0 Å². The smallest absolute Gasteiger partial charge is 0.0768 e. The molecule has 1 aliphatic carbocycles. The first-order valence-electron chi connectivity index (χ1n) is 5.54. The fraction of sp³-hybridized carbons (Fsp3) is 0.909. The van der Waals surface area contributed by atoms with Crippen molar-refractivity contribution in [3.05, 3.63) is 0 Å². The number of nitrogens with zero attached hydrogens (tertiary/aromatic N) is 1. The Morgan fingerprint density at radius 2 is 1.93 bits per heavy atom. The summed E-state index contributed by atoms with van der Waals surface area (Å²) < 4.78 is 0. The third-order valence-corrected chi connectivity index (χ3v) is 3.06. The molecular weight excluding hydrogens is 192 g/mol. The van der Waals surface area contributed by atoms with Gasteiger partial charge < -0.3 is 5.73 Å². The molecule has 0 aliphatic heterocycles. The van der Waals surface area contributed by atoms with Gasteiger partial charge in [-0.15, -0.1) is 0 Å². The molecule has 14 heavy (non-hydrogen) atoms. The Morgan fingerprint density at radius 1 is 1.36 bits per heavy atom. The number of nitrogens with two attached hydrogens (primary N) is 1. The summed E-state index contributed by atoms with van der Waals surface area (Å²) in [4.78, 5) is 3.20. The van der Waals surface area contributed by atoms with E-state index in [-0.39, 0.29) is 0 Å². The van der Waals surface area contributed by atoms with Crippen LogP contribution in [0.5, 0.6) is 0 Å². The van der Waals surface area contributed by atoms with Gasteiger partial charge in [0.1, 0.15) is 0 Å². The highest BCUT2D eigenvalue weighted by Crippen LogP contribution is 2.28. The number of hydrogen-bond donors (Lipinski definition) is 1. The Balaban J connectivity index is 2.38. The van der Waals surface area contributed by atoms with Gasteiger partial charge in [-0.2, -0.15) is 0 Å². The van der Waals surface area contributed by atoms with E-state index in [2.05, 4.69) is 25.7 Å². The zero-order chi connectivity index (χ0) is 10.7. The molecule has 0 saturated heterocycles. The van der Waals surface area contributed by atoms with Crippen LogP contribution in [0, 0.1) is 11.8 Å². The highest BCUT2D eigenvalue weighted by molar-refractivity contribution is 7.80. The molecule has 0 spiro atoms. The van der Waals surface area contributed by atoms with Gasteiger partial charge >= 0.3 is 0 Å². The molecule has 1 saturated carbocycles. The summed E-state index contributed by atoms with van der Waals surface area (Å²) in [5.74, 6) is 1.08. The summed E-state index contributed by atoms with van der Waals surface area (Å²) in [5, 5.41) is 0. The monoisotopic (exact) mass is 214 g/mol. The maximum Gasteiger partial charge on any atom is 0.0768 e. The molecule has 0 aromatic carbocycles. The maximum absolute atomic E-state index is 5.64. The van der Waals surface area contributed by atoms with Crippen molar-refractivity contribution in [3.8, 4) is 0 Å². The van der Waals surface area contributed by atoms with E-state index in [0.717, 1.165) is 18.5 Å². The van der Waals surface area contributed by atoms with E-state index in [0.29, 0.717) is 10.9 Å². The predicted molar refractivity (Wildman–Crippen MR) is 65.4 cm³/mol. The molecule has 2 N–H and O–H groups in total. The Bertz CT molecular complexity index is 199. The average molecular weight is 214 g/mol. The van der Waals surface area contributed by atoms with Crippen LogP contribution in [0.25, 0.3) is 0 Å². The second kappa shape index (κ2) is 5.08. The Hall–Kier alpha value is -0.150. The zero-order valence-corrected chi connectivity index (χ0v) is 10.3. The van der Waals surface area contributed by atoms with E-state index in [1.54, 1.807) is 0 Å². The summed E-state index contributed by atoms with van der Waals surface area (Å²) >= 11 is 5.01. The topological polar surface area (TPSA) is 29.3 Å². The molecule has 1 fully saturated rings. The van der Waals surface area contributed by atoms with Crippen LogP contribution in [0.3, 0.4) is 0 Å². The van der Waals surface area contributed by atoms with Crippen LogP contribution in [-0.4, -0.2) is 29.0 Å². The zero-order valence-electron chi connectivity index (χ0n) is 9.49. The highest BCUT2D eigenvalue weighted by Gasteiger charge is 2.30. The van der Waals surface area contributed by atoms with E-state index in [9.17, 15) is 0 Å². The van der Waals surface area contributed by atoms with Gasteiger partial charge in [0.05, 0.1) is 4.99 Å². The van der Waals surface area contributed by atoms with Crippen LogP contribution in [0.4, 0.5) is 0 Å². The van der Waals surface area contributed by atoms with Crippen molar-refractivity contribution in [2.45, 2.75) is 39.7 Å². The standard InChI is InChI=1S/C11H22N2S/c1-8(2)6-13(10-4-5-10)7-9(3)11(12)14/h8-10H,4-7H2,1-3H3,(H2,12,14). The van der Waals surface area contributed by atoms with E-state index < -0.39 is 0 Å². The maximum atomic E-state index is 5.64. The largest absolute Gasteiger partial charge is 0.393 e. The number of rotatable bonds is 6. The third kappa shape index (κ3) is 3.93. The Morgan fingerprint density at radius 3 is 2.29 bits per heavy atom. The van der Waals surface area contributed by atoms with Gasteiger partial charge in [-0.3, -0.25) is 4.90 Å². The normalized spacial score (nSPS) is 18.9. The van der Waals surface area contributed by atoms with Crippen molar-refractivity contribution in [1.29, 1.82) is 0 Å². The summed E-state index contributed by atoms with van der Waals surface area (Å²) in [5.41, 5.74) is 5.64. The molecule has 1 unspecified atom stereocenters. The Kier molecular flexibility index (Phi) is 4.32. The van der Waals surface area contributed by atoms with Gasteiger partial charge in [0.15, 0.2) is 0 Å². The lowest BCUT2D eigenvalue weighted by atomic mass is 10.1. The molecule has 2 nitrogen and oxygen atoms in total. The fourth-order valence-electron chi connectivity index (χ4n) is 1.72. The number of thiocarbonyl (C=S) groups is 1. The summed E-state index contributed by atoms with van der Waals surface area (Å²) in [7, 11) is 0. The molecule has 1 rings (SSSR count). The van der Waals surface area contributed by atoms with Crippen LogP contribution in [-0.2, 0) is 0 Å². The molecule has 1 aliphatic rings. The van der Waals surface area contributed by atoms with E-state index in [1.807, 2.05) is 0 Å². The van der Waals surface area contributed by atoms with Crippen LogP contribution in [0.1, 0.15) is 33.6 Å². The fourth-order valence-corrected chi connectivity index (χ4v) is 1.80. The van der Waals surface area contributed by atoms with Crippen molar-refractivity contribution in [1.82, 2.24) is 4.90 Å². The molecule has 0 aromatic heterocycles. The SMILES string of the molecule is CC(C)CN(CC(C)C(N)=S)C1CC1. The molecule has 0 radical (unpaired) electrons. The summed E-state index contributed by atoms with van der Waals surface area (Å²) in [6.07, 6.45) is 2.72. The molecule has 3 heteroatoms. The van der Waals surface area contributed by atoms with E-state index in [4.69, 9.17) is 18.0 Å². The first-order valence-corrected chi connectivity index (χ1v) is 5.95. The summed E-state index contributed by atoms with van der Waals surface area (Å²) in [6, 6.07) is 0.814. The summed E-state index contributed by atoms with van der Waals surface area (Å²) in [6.45, 7) is 8.87. The minimum atomic E-state index is 0.351. The van der Waals surface area contributed by atoms with Crippen LogP contribution in [0.2, 0.25) is 0 Å². The lowest BCUT2D eigenvalue weighted by Crippen LogP contribution is -2.37. The van der Waals surface area contributed by atoms with Crippen LogP contribution >= 0.6 is 12.2 Å². The second-order valence-corrected chi connectivity index (χ2v) is 5.35. The van der Waals surface area contributed by atoms with Crippen molar-refractivity contribution < 1.29 is 0 Å². The molecule has 1 atom stereocenters. The third-order valence-electron chi connectivity index (χ3n) is 2.66. The molecule has 0 amide bonds. The lowest BCUT2D eigenvalue weighted by Gasteiger charge is -2.26. The van der Waals surface area contributed by atoms with Gasteiger partial charge in [0, 0.05) is 25.0 Å². The van der Waals surface area contributed by atoms with Crippen molar-refractivity contribution in [2.24, 2.45) is 17.6 Å². The minimum absolute atomic E-state index is 0.351. The first-order chi connectivity index (χ1) is 6.50. The van der Waals surface area contributed by atoms with Crippen LogP contribution < -0.4 is 5.73 Å². The van der Waals surface area contributed by atoms with E-state index in [1.165, 1.54) is 19.4 Å². The highest BCUT2D eigenvalue weighted by atomic mass is 32.1. The molecule has 82 valence electrons. The quantitative estimate of drug-likeness (QED) is 0.686. The Labute approximate surface area is 92.8 Å². The molecule has 0 aromatic rings. The van der Waals surface area contributed by atoms with Crippen molar-refractivity contribution >= 4 is 17.2 Å². The number of hydrogen-bond acceptors (Lipinski definition) is 2. The van der Waals surface area contributed by atoms with Crippen LogP contribution in [0.15, 0.2) is 0 Å². The van der Waals surface area contributed by atoms with Gasteiger partial charge in [0.25, 0.3) is 0 Å². The van der Waals surface area contributed by atoms with Crippen molar-refractivity contribution in [3.63, 3.8) is 0 Å². The van der Waals surface area contributed by atoms with Crippen molar-refractivity contribution in [2.75, 3.05) is 13.1 Å². The lowest BCUT2D eigenvalue weighted by molar-refractivity contribution is 0.222. The molecule has 0 bridgehead atoms. The van der Waals surface area contributed by atoms with Gasteiger partial charge in [0.2, 0.25) is 0 Å².